The van der Waals surface area contributed by atoms with Crippen LogP contribution in [0.2, 0.25) is 0 Å². The second kappa shape index (κ2) is 5.42. The van der Waals surface area contributed by atoms with Crippen molar-refractivity contribution in [2.24, 2.45) is 5.92 Å². The maximum atomic E-state index is 12.1. The predicted octanol–water partition coefficient (Wildman–Crippen LogP) is 1.97. The van der Waals surface area contributed by atoms with Crippen molar-refractivity contribution in [3.8, 4) is 0 Å². The fourth-order valence-corrected chi connectivity index (χ4v) is 1.86. The van der Waals surface area contributed by atoms with Crippen LogP contribution in [0, 0.1) is 5.92 Å². The van der Waals surface area contributed by atoms with Crippen LogP contribution < -0.4 is 0 Å². The van der Waals surface area contributed by atoms with E-state index in [1.165, 1.54) is 12.0 Å². The minimum atomic E-state index is -0.616. The van der Waals surface area contributed by atoms with Crippen LogP contribution in [0.3, 0.4) is 0 Å². The molecule has 0 fully saturated rings. The number of hydrogen-bond acceptors (Lipinski definition) is 4. The van der Waals surface area contributed by atoms with E-state index in [1.807, 2.05) is 19.1 Å². The molecule has 1 aliphatic rings. The Morgan fingerprint density at radius 3 is 2.44 bits per heavy atom. The average Bonchev–Trinajstić information content (AvgIpc) is 2.25. The summed E-state index contributed by atoms with van der Waals surface area (Å²) in [5, 5.41) is 0. The monoisotopic (exact) mass is 255 g/mol. The van der Waals surface area contributed by atoms with E-state index in [9.17, 15) is 9.59 Å². The first-order chi connectivity index (χ1) is 8.26. The molecule has 0 saturated heterocycles. The van der Waals surface area contributed by atoms with Crippen molar-refractivity contribution in [2.45, 2.75) is 39.3 Å². The Bertz CT molecular complexity index is 356. The Morgan fingerprint density at radius 1 is 1.33 bits per heavy atom. The molecule has 102 valence electrons. The predicted molar refractivity (Wildman–Crippen MR) is 67.0 cm³/mol. The zero-order chi connectivity index (χ0) is 13.9. The van der Waals surface area contributed by atoms with Crippen LogP contribution in [0.15, 0.2) is 12.2 Å². The van der Waals surface area contributed by atoms with Gasteiger partial charge in [-0.3, -0.25) is 4.90 Å². The molecule has 1 rings (SSSR count). The summed E-state index contributed by atoms with van der Waals surface area (Å²) in [7, 11) is 1.32. The largest absolute Gasteiger partial charge is 0.467 e. The van der Waals surface area contributed by atoms with Gasteiger partial charge in [0.15, 0.2) is 0 Å². The van der Waals surface area contributed by atoms with E-state index in [0.29, 0.717) is 6.54 Å². The summed E-state index contributed by atoms with van der Waals surface area (Å²) >= 11 is 0. The number of esters is 1. The average molecular weight is 255 g/mol. The highest BCUT2D eigenvalue weighted by Gasteiger charge is 2.37. The van der Waals surface area contributed by atoms with Gasteiger partial charge in [0, 0.05) is 12.5 Å². The number of carbonyl (C=O) groups is 2. The molecule has 0 spiro atoms. The summed E-state index contributed by atoms with van der Waals surface area (Å²) in [5.41, 5.74) is -0.581. The Labute approximate surface area is 108 Å². The smallest absolute Gasteiger partial charge is 0.411 e. The van der Waals surface area contributed by atoms with E-state index in [-0.39, 0.29) is 5.92 Å². The molecule has 0 unspecified atom stereocenters. The first-order valence-corrected chi connectivity index (χ1v) is 6.00. The van der Waals surface area contributed by atoms with Gasteiger partial charge in [0.05, 0.1) is 7.11 Å². The van der Waals surface area contributed by atoms with E-state index < -0.39 is 23.7 Å². The highest BCUT2D eigenvalue weighted by atomic mass is 16.6. The van der Waals surface area contributed by atoms with E-state index in [1.54, 1.807) is 20.8 Å². The summed E-state index contributed by atoms with van der Waals surface area (Å²) in [4.78, 5) is 25.2. The van der Waals surface area contributed by atoms with E-state index in [2.05, 4.69) is 0 Å². The number of nitrogens with zero attached hydrogens (tertiary/aromatic N) is 1. The van der Waals surface area contributed by atoms with Crippen LogP contribution in [0.5, 0.6) is 0 Å². The standard InChI is InChI=1S/C13H21NO4/c1-9-7-6-8-14(10(9)11(15)17-5)12(16)18-13(2,3)4/h6-7,9-10H,8H2,1-5H3/t9-,10+/m1/s1. The lowest BCUT2D eigenvalue weighted by atomic mass is 9.97. The van der Waals surface area contributed by atoms with E-state index in [4.69, 9.17) is 9.47 Å². The molecule has 18 heavy (non-hydrogen) atoms. The van der Waals surface area contributed by atoms with Crippen molar-refractivity contribution >= 4 is 12.1 Å². The highest BCUT2D eigenvalue weighted by Crippen LogP contribution is 2.21. The zero-order valence-electron chi connectivity index (χ0n) is 11.6. The summed E-state index contributed by atoms with van der Waals surface area (Å²) in [6, 6.07) is -0.616. The fourth-order valence-electron chi connectivity index (χ4n) is 1.86. The van der Waals surface area contributed by atoms with Gasteiger partial charge in [-0.05, 0) is 20.8 Å². The zero-order valence-corrected chi connectivity index (χ0v) is 11.6. The van der Waals surface area contributed by atoms with E-state index >= 15 is 0 Å². The van der Waals surface area contributed by atoms with Crippen LogP contribution in [0.4, 0.5) is 4.79 Å². The van der Waals surface area contributed by atoms with Gasteiger partial charge in [0.2, 0.25) is 0 Å². The molecule has 0 aromatic rings. The van der Waals surface area contributed by atoms with Gasteiger partial charge in [-0.2, -0.15) is 0 Å². The molecule has 0 bridgehead atoms. The number of methoxy groups -OCH3 is 1. The van der Waals surface area contributed by atoms with Gasteiger partial charge in [-0.25, -0.2) is 9.59 Å². The number of carbonyl (C=O) groups excluding carboxylic acids is 2. The van der Waals surface area contributed by atoms with Crippen LogP contribution in [0.1, 0.15) is 27.7 Å². The summed E-state index contributed by atoms with van der Waals surface area (Å²) in [6.45, 7) is 7.61. The fraction of sp³-hybridized carbons (Fsp3) is 0.692. The molecule has 1 aliphatic heterocycles. The molecule has 0 radical (unpaired) electrons. The van der Waals surface area contributed by atoms with Gasteiger partial charge < -0.3 is 9.47 Å². The Kier molecular flexibility index (Phi) is 4.38. The molecule has 0 aromatic heterocycles. The third kappa shape index (κ3) is 3.48. The Balaban J connectivity index is 2.87. The van der Waals surface area contributed by atoms with Crippen LogP contribution in [-0.2, 0) is 14.3 Å². The van der Waals surface area contributed by atoms with Crippen molar-refractivity contribution in [3.05, 3.63) is 12.2 Å². The van der Waals surface area contributed by atoms with Gasteiger partial charge >= 0.3 is 12.1 Å². The molecular formula is C13H21NO4. The summed E-state index contributed by atoms with van der Waals surface area (Å²) in [5.74, 6) is -0.503. The van der Waals surface area contributed by atoms with Gasteiger partial charge in [0.1, 0.15) is 11.6 Å². The SMILES string of the molecule is COC(=O)[C@@H]1[C@H](C)C=CCN1C(=O)OC(C)(C)C. The minimum Gasteiger partial charge on any atom is -0.467 e. The van der Waals surface area contributed by atoms with E-state index in [0.717, 1.165) is 0 Å². The Morgan fingerprint density at radius 2 is 1.94 bits per heavy atom. The molecule has 0 saturated carbocycles. The molecule has 2 atom stereocenters. The van der Waals surface area contributed by atoms with Crippen LogP contribution in [-0.4, -0.2) is 42.3 Å². The van der Waals surface area contributed by atoms with Crippen molar-refractivity contribution < 1.29 is 19.1 Å². The third-order valence-corrected chi connectivity index (χ3v) is 2.65. The van der Waals surface area contributed by atoms with Gasteiger partial charge in [-0.1, -0.05) is 19.1 Å². The quantitative estimate of drug-likeness (QED) is 0.531. The first kappa shape index (κ1) is 14.5. The third-order valence-electron chi connectivity index (χ3n) is 2.65. The summed E-state index contributed by atoms with van der Waals surface area (Å²) < 4.78 is 10.0. The van der Waals surface area contributed by atoms with Crippen molar-refractivity contribution in [3.63, 3.8) is 0 Å². The number of amides is 1. The first-order valence-electron chi connectivity index (χ1n) is 6.00. The summed E-state index contributed by atoms with van der Waals surface area (Å²) in [6.07, 6.45) is 3.27. The van der Waals surface area contributed by atoms with Crippen LogP contribution >= 0.6 is 0 Å². The molecule has 0 aliphatic carbocycles. The molecular weight excluding hydrogens is 234 g/mol. The van der Waals surface area contributed by atoms with Crippen molar-refractivity contribution in [1.82, 2.24) is 4.90 Å². The van der Waals surface area contributed by atoms with Crippen molar-refractivity contribution in [1.29, 1.82) is 0 Å². The Hall–Kier alpha value is -1.52. The number of ether oxygens (including phenoxy) is 2. The molecule has 1 heterocycles. The number of hydrogen-bond donors (Lipinski definition) is 0. The molecule has 1 amide bonds. The topological polar surface area (TPSA) is 55.8 Å². The second-order valence-corrected chi connectivity index (χ2v) is 5.39. The normalized spacial score (nSPS) is 23.7. The van der Waals surface area contributed by atoms with Gasteiger partial charge in [-0.15, -0.1) is 0 Å². The maximum Gasteiger partial charge on any atom is 0.411 e. The van der Waals surface area contributed by atoms with Crippen molar-refractivity contribution in [2.75, 3.05) is 13.7 Å². The molecule has 5 nitrogen and oxygen atoms in total. The van der Waals surface area contributed by atoms with Crippen LogP contribution in [0.25, 0.3) is 0 Å². The lowest BCUT2D eigenvalue weighted by Gasteiger charge is -2.35. The molecule has 0 aromatic carbocycles. The molecule has 0 N–H and O–H groups in total. The lowest BCUT2D eigenvalue weighted by Crippen LogP contribution is -2.52. The van der Waals surface area contributed by atoms with Gasteiger partial charge in [0.25, 0.3) is 0 Å². The minimum absolute atomic E-state index is 0.0845. The molecule has 5 heteroatoms. The maximum absolute atomic E-state index is 12.1. The second-order valence-electron chi connectivity index (χ2n) is 5.39. The lowest BCUT2D eigenvalue weighted by molar-refractivity contribution is -0.148. The highest BCUT2D eigenvalue weighted by molar-refractivity contribution is 5.82. The number of rotatable bonds is 1.